The van der Waals surface area contributed by atoms with Gasteiger partial charge in [-0.1, -0.05) is 12.1 Å². The second-order valence-electron chi connectivity index (χ2n) is 5.16. The molecule has 2 atom stereocenters. The van der Waals surface area contributed by atoms with Crippen molar-refractivity contribution >= 4 is 10.8 Å². The molecule has 0 aliphatic carbocycles. The van der Waals surface area contributed by atoms with Gasteiger partial charge in [0.05, 0.1) is 6.10 Å². The minimum absolute atomic E-state index is 0.207. The van der Waals surface area contributed by atoms with Crippen LogP contribution in [0.25, 0.3) is 0 Å². The Morgan fingerprint density at radius 3 is 2.37 bits per heavy atom. The van der Waals surface area contributed by atoms with E-state index in [9.17, 15) is 4.21 Å². The van der Waals surface area contributed by atoms with Gasteiger partial charge in [0.15, 0.2) is 0 Å². The Kier molecular flexibility index (Phi) is 7.10. The summed E-state index contributed by atoms with van der Waals surface area (Å²) in [6, 6.07) is 8.55. The lowest BCUT2D eigenvalue weighted by molar-refractivity contribution is 0.242. The first-order valence-electron chi connectivity index (χ1n) is 6.76. The molecule has 3 nitrogen and oxygen atoms in total. The summed E-state index contributed by atoms with van der Waals surface area (Å²) in [4.78, 5) is 0. The Hall–Kier alpha value is -0.870. The summed E-state index contributed by atoms with van der Waals surface area (Å²) in [7, 11) is -0.700. The average molecular weight is 283 g/mol. The number of hydrogen-bond donors (Lipinski definition) is 1. The third-order valence-corrected chi connectivity index (χ3v) is 3.60. The van der Waals surface area contributed by atoms with Crippen LogP contribution in [0.3, 0.4) is 0 Å². The van der Waals surface area contributed by atoms with Crippen LogP contribution in [-0.4, -0.2) is 28.4 Å². The van der Waals surface area contributed by atoms with Gasteiger partial charge in [0.25, 0.3) is 0 Å². The molecule has 0 aromatic heterocycles. The summed E-state index contributed by atoms with van der Waals surface area (Å²) in [5, 5.41) is 3.44. The van der Waals surface area contributed by atoms with Gasteiger partial charge in [-0.05, 0) is 44.9 Å². The second kappa shape index (κ2) is 8.33. The molecule has 0 bridgehead atoms. The fourth-order valence-electron chi connectivity index (χ4n) is 1.69. The van der Waals surface area contributed by atoms with E-state index >= 15 is 0 Å². The maximum Gasteiger partial charge on any atom is 0.119 e. The van der Waals surface area contributed by atoms with Crippen molar-refractivity contribution in [2.24, 2.45) is 0 Å². The molecular formula is C15H25NO2S. The minimum atomic E-state index is -0.700. The molecule has 1 rings (SSSR count). The summed E-state index contributed by atoms with van der Waals surface area (Å²) in [5.41, 5.74) is 1.24. The Morgan fingerprint density at radius 2 is 1.84 bits per heavy atom. The van der Waals surface area contributed by atoms with Gasteiger partial charge in [0.1, 0.15) is 5.75 Å². The first-order valence-corrected chi connectivity index (χ1v) is 8.49. The topological polar surface area (TPSA) is 38.3 Å². The monoisotopic (exact) mass is 283 g/mol. The second-order valence-corrected chi connectivity index (χ2v) is 6.71. The number of ether oxygens (including phenoxy) is 1. The minimum Gasteiger partial charge on any atom is -0.491 e. The van der Waals surface area contributed by atoms with Crippen LogP contribution >= 0.6 is 0 Å². The smallest absolute Gasteiger partial charge is 0.119 e. The number of hydrogen-bond acceptors (Lipinski definition) is 3. The molecule has 1 aromatic rings. The summed E-state index contributed by atoms with van der Waals surface area (Å²) < 4.78 is 16.6. The van der Waals surface area contributed by atoms with Crippen LogP contribution in [0.1, 0.15) is 32.8 Å². The normalized spacial score (nSPS) is 14.4. The lowest BCUT2D eigenvalue weighted by Gasteiger charge is -2.14. The highest BCUT2D eigenvalue weighted by molar-refractivity contribution is 7.84. The summed E-state index contributed by atoms with van der Waals surface area (Å²) in [6.45, 7) is 7.01. The zero-order valence-electron chi connectivity index (χ0n) is 12.3. The van der Waals surface area contributed by atoms with Crippen LogP contribution in [0.2, 0.25) is 0 Å². The van der Waals surface area contributed by atoms with Gasteiger partial charge in [-0.25, -0.2) is 0 Å². The molecule has 0 fully saturated rings. The molecule has 0 saturated heterocycles. The predicted molar refractivity (Wildman–Crippen MR) is 82.1 cm³/mol. The molecule has 0 radical (unpaired) electrons. The maximum absolute atomic E-state index is 11.0. The van der Waals surface area contributed by atoms with Crippen molar-refractivity contribution in [3.8, 4) is 5.75 Å². The third kappa shape index (κ3) is 7.33. The highest BCUT2D eigenvalue weighted by Gasteiger charge is 2.03. The summed E-state index contributed by atoms with van der Waals surface area (Å²) in [5.74, 6) is 1.67. The van der Waals surface area contributed by atoms with Crippen molar-refractivity contribution in [3.05, 3.63) is 29.8 Å². The molecule has 1 aromatic carbocycles. The summed E-state index contributed by atoms with van der Waals surface area (Å²) >= 11 is 0. The summed E-state index contributed by atoms with van der Waals surface area (Å²) in [6.07, 6.45) is 2.90. The van der Waals surface area contributed by atoms with E-state index in [0.717, 1.165) is 24.5 Å². The van der Waals surface area contributed by atoms with Crippen LogP contribution in [0.4, 0.5) is 0 Å². The fourth-order valence-corrected chi connectivity index (χ4v) is 2.38. The zero-order valence-corrected chi connectivity index (χ0v) is 13.1. The molecule has 0 aliphatic heterocycles. The molecule has 0 saturated carbocycles. The third-order valence-electron chi connectivity index (χ3n) is 2.79. The molecular weight excluding hydrogens is 258 g/mol. The Morgan fingerprint density at radius 1 is 1.21 bits per heavy atom. The van der Waals surface area contributed by atoms with Crippen LogP contribution in [-0.2, 0) is 17.3 Å². The van der Waals surface area contributed by atoms with Crippen LogP contribution in [0.5, 0.6) is 5.75 Å². The zero-order chi connectivity index (χ0) is 14.3. The van der Waals surface area contributed by atoms with Crippen molar-refractivity contribution in [3.63, 3.8) is 0 Å². The Balaban J connectivity index is 2.35. The van der Waals surface area contributed by atoms with Crippen molar-refractivity contribution in [2.45, 2.75) is 45.9 Å². The highest BCUT2D eigenvalue weighted by Crippen LogP contribution is 2.13. The lowest BCUT2D eigenvalue weighted by atomic mass is 10.2. The maximum atomic E-state index is 11.0. The molecule has 0 heterocycles. The van der Waals surface area contributed by atoms with Gasteiger partial charge in [-0.2, -0.15) is 0 Å². The molecule has 4 heteroatoms. The molecule has 0 spiro atoms. The SMILES string of the molecule is CC(CCS(C)=O)NCc1ccc(OC(C)C)cc1. The van der Waals surface area contributed by atoms with E-state index in [1.54, 1.807) is 6.26 Å². The molecule has 108 valence electrons. The van der Waals surface area contributed by atoms with E-state index in [4.69, 9.17) is 4.74 Å². The predicted octanol–water partition coefficient (Wildman–Crippen LogP) is 2.72. The van der Waals surface area contributed by atoms with E-state index < -0.39 is 10.8 Å². The largest absolute Gasteiger partial charge is 0.491 e. The highest BCUT2D eigenvalue weighted by atomic mass is 32.2. The van der Waals surface area contributed by atoms with Crippen molar-refractivity contribution in [1.82, 2.24) is 5.32 Å². The lowest BCUT2D eigenvalue weighted by Crippen LogP contribution is -2.26. The fraction of sp³-hybridized carbons (Fsp3) is 0.600. The number of nitrogens with one attached hydrogen (secondary N) is 1. The molecule has 0 amide bonds. The first-order chi connectivity index (χ1) is 8.97. The van der Waals surface area contributed by atoms with Gasteiger partial charge < -0.3 is 10.1 Å². The molecule has 2 unspecified atom stereocenters. The average Bonchev–Trinajstić information content (AvgIpc) is 2.35. The van der Waals surface area contributed by atoms with Gasteiger partial charge in [0.2, 0.25) is 0 Å². The van der Waals surface area contributed by atoms with Gasteiger partial charge in [-0.15, -0.1) is 0 Å². The first kappa shape index (κ1) is 16.2. The Bertz CT molecular complexity index is 390. The van der Waals surface area contributed by atoms with E-state index in [-0.39, 0.29) is 6.10 Å². The Labute approximate surface area is 119 Å². The van der Waals surface area contributed by atoms with Gasteiger partial charge >= 0.3 is 0 Å². The van der Waals surface area contributed by atoms with Crippen LogP contribution in [0, 0.1) is 0 Å². The molecule has 1 N–H and O–H groups in total. The van der Waals surface area contributed by atoms with E-state index in [2.05, 4.69) is 24.4 Å². The van der Waals surface area contributed by atoms with Crippen molar-refractivity contribution < 1.29 is 8.95 Å². The molecule has 19 heavy (non-hydrogen) atoms. The molecule has 0 aliphatic rings. The number of benzene rings is 1. The quantitative estimate of drug-likeness (QED) is 0.797. The van der Waals surface area contributed by atoms with Gasteiger partial charge in [0, 0.05) is 35.4 Å². The van der Waals surface area contributed by atoms with Crippen LogP contribution < -0.4 is 10.1 Å². The van der Waals surface area contributed by atoms with E-state index in [1.807, 2.05) is 26.0 Å². The number of rotatable bonds is 8. The van der Waals surface area contributed by atoms with E-state index in [0.29, 0.717) is 6.04 Å². The van der Waals surface area contributed by atoms with Gasteiger partial charge in [-0.3, -0.25) is 4.21 Å². The standard InChI is InChI=1S/C15H25NO2S/c1-12(2)18-15-7-5-14(6-8-15)11-16-13(3)9-10-19(4)17/h5-8,12-13,16H,9-11H2,1-4H3. The van der Waals surface area contributed by atoms with E-state index in [1.165, 1.54) is 5.56 Å². The van der Waals surface area contributed by atoms with Crippen molar-refractivity contribution in [1.29, 1.82) is 0 Å². The van der Waals surface area contributed by atoms with Crippen LogP contribution in [0.15, 0.2) is 24.3 Å². The van der Waals surface area contributed by atoms with Crippen molar-refractivity contribution in [2.75, 3.05) is 12.0 Å².